The molecule has 0 unspecified atom stereocenters. The minimum Gasteiger partial charge on any atom is -0.492 e. The van der Waals surface area contributed by atoms with Crippen molar-refractivity contribution in [3.05, 3.63) is 83.7 Å². The molecule has 3 rings (SSSR count). The molecule has 0 saturated heterocycles. The van der Waals surface area contributed by atoms with Gasteiger partial charge in [-0.3, -0.25) is 14.6 Å². The van der Waals surface area contributed by atoms with Crippen molar-refractivity contribution in [1.29, 1.82) is 0 Å². The number of aryl methyl sites for hydroxylation is 1. The Morgan fingerprint density at radius 1 is 0.929 bits per heavy atom. The first-order valence-corrected chi connectivity index (χ1v) is 8.94. The molecule has 142 valence electrons. The van der Waals surface area contributed by atoms with E-state index >= 15 is 0 Å². The minimum atomic E-state index is -0.419. The number of benzene rings is 2. The number of pyridine rings is 1. The summed E-state index contributed by atoms with van der Waals surface area (Å²) < 4.78 is 5.51. The number of aromatic nitrogens is 1. The zero-order chi connectivity index (χ0) is 19.9. The molecule has 0 saturated carbocycles. The second kappa shape index (κ2) is 8.81. The fraction of sp³-hybridized carbons (Fsp3) is 0.136. The van der Waals surface area contributed by atoms with Gasteiger partial charge in [0.05, 0.1) is 12.3 Å². The van der Waals surface area contributed by atoms with E-state index in [4.69, 9.17) is 4.74 Å². The molecule has 2 amide bonds. The molecule has 0 aliphatic carbocycles. The van der Waals surface area contributed by atoms with Gasteiger partial charge in [0.25, 0.3) is 11.8 Å². The molecule has 0 aliphatic heterocycles. The summed E-state index contributed by atoms with van der Waals surface area (Å²) in [5.41, 5.74) is 2.72. The van der Waals surface area contributed by atoms with Crippen molar-refractivity contribution in [3.8, 4) is 5.75 Å². The standard InChI is InChI=1S/C22H21N3O3/c1-3-28-20-11-7-6-10-18(20)25-22(27)19-14-16(12-13-23-19)21(26)24-17-9-5-4-8-15(17)2/h4-14H,3H2,1-2H3,(H,24,26)(H,25,27). The number of anilines is 2. The lowest BCUT2D eigenvalue weighted by Crippen LogP contribution is -2.17. The van der Waals surface area contributed by atoms with Crippen LogP contribution in [0.5, 0.6) is 5.75 Å². The Kier molecular flexibility index (Phi) is 6.01. The first-order valence-electron chi connectivity index (χ1n) is 8.94. The SMILES string of the molecule is CCOc1ccccc1NC(=O)c1cc(C(=O)Nc2ccccc2C)ccn1. The number of nitrogens with one attached hydrogen (secondary N) is 2. The van der Waals surface area contributed by atoms with E-state index in [0.717, 1.165) is 11.3 Å². The van der Waals surface area contributed by atoms with E-state index < -0.39 is 5.91 Å². The molecule has 3 aromatic rings. The van der Waals surface area contributed by atoms with Gasteiger partial charge in [-0.1, -0.05) is 30.3 Å². The molecule has 0 atom stereocenters. The number of carbonyl (C=O) groups excluding carboxylic acids is 2. The van der Waals surface area contributed by atoms with Crippen LogP contribution in [0.25, 0.3) is 0 Å². The van der Waals surface area contributed by atoms with Crippen molar-refractivity contribution in [3.63, 3.8) is 0 Å². The summed E-state index contributed by atoms with van der Waals surface area (Å²) in [6.45, 7) is 4.27. The van der Waals surface area contributed by atoms with Gasteiger partial charge in [0.15, 0.2) is 0 Å². The van der Waals surface area contributed by atoms with Crippen molar-refractivity contribution in [2.75, 3.05) is 17.2 Å². The highest BCUT2D eigenvalue weighted by Crippen LogP contribution is 2.24. The molecule has 1 aromatic heterocycles. The summed E-state index contributed by atoms with van der Waals surface area (Å²) in [7, 11) is 0. The van der Waals surface area contributed by atoms with Gasteiger partial charge in [0.2, 0.25) is 0 Å². The molecule has 0 spiro atoms. The molecule has 0 fully saturated rings. The number of ether oxygens (including phenoxy) is 1. The van der Waals surface area contributed by atoms with Crippen LogP contribution in [0.2, 0.25) is 0 Å². The van der Waals surface area contributed by atoms with Gasteiger partial charge < -0.3 is 15.4 Å². The summed E-state index contributed by atoms with van der Waals surface area (Å²) in [4.78, 5) is 29.2. The Balaban J connectivity index is 1.76. The van der Waals surface area contributed by atoms with E-state index in [2.05, 4.69) is 15.6 Å². The van der Waals surface area contributed by atoms with Gasteiger partial charge in [-0.05, 0) is 49.7 Å². The van der Waals surface area contributed by atoms with Crippen molar-refractivity contribution >= 4 is 23.2 Å². The Hall–Kier alpha value is -3.67. The third-order valence-electron chi connectivity index (χ3n) is 4.08. The third-order valence-corrected chi connectivity index (χ3v) is 4.08. The van der Waals surface area contributed by atoms with E-state index in [0.29, 0.717) is 23.6 Å². The van der Waals surface area contributed by atoms with Gasteiger partial charge in [0, 0.05) is 17.4 Å². The lowest BCUT2D eigenvalue weighted by atomic mass is 10.1. The van der Waals surface area contributed by atoms with Crippen LogP contribution in [0, 0.1) is 6.92 Å². The van der Waals surface area contributed by atoms with Crippen LogP contribution in [0.3, 0.4) is 0 Å². The van der Waals surface area contributed by atoms with Crippen molar-refractivity contribution in [2.24, 2.45) is 0 Å². The van der Waals surface area contributed by atoms with Gasteiger partial charge >= 0.3 is 0 Å². The summed E-state index contributed by atoms with van der Waals surface area (Å²) in [5.74, 6) is -0.148. The van der Waals surface area contributed by atoms with Gasteiger partial charge in [-0.15, -0.1) is 0 Å². The van der Waals surface area contributed by atoms with E-state index in [1.807, 2.05) is 44.2 Å². The number of hydrogen-bond acceptors (Lipinski definition) is 4. The number of amides is 2. The topological polar surface area (TPSA) is 80.3 Å². The molecule has 6 heteroatoms. The zero-order valence-corrected chi connectivity index (χ0v) is 15.7. The highest BCUT2D eigenvalue weighted by atomic mass is 16.5. The molecule has 2 aromatic carbocycles. The number of carbonyl (C=O) groups is 2. The maximum Gasteiger partial charge on any atom is 0.274 e. The first kappa shape index (κ1) is 19.1. The Bertz CT molecular complexity index is 1000. The van der Waals surface area contributed by atoms with Crippen LogP contribution in [0.1, 0.15) is 33.3 Å². The third kappa shape index (κ3) is 4.54. The molecule has 0 bridgehead atoms. The first-order chi connectivity index (χ1) is 13.6. The van der Waals surface area contributed by atoms with Crippen LogP contribution in [0.15, 0.2) is 66.9 Å². The number of rotatable bonds is 6. The Morgan fingerprint density at radius 3 is 2.36 bits per heavy atom. The second-order valence-corrected chi connectivity index (χ2v) is 6.08. The monoisotopic (exact) mass is 375 g/mol. The average Bonchev–Trinajstić information content (AvgIpc) is 2.71. The smallest absolute Gasteiger partial charge is 0.274 e. The van der Waals surface area contributed by atoms with Gasteiger partial charge in [-0.2, -0.15) is 0 Å². The number of hydrogen-bond donors (Lipinski definition) is 2. The number of nitrogens with zero attached hydrogens (tertiary/aromatic N) is 1. The lowest BCUT2D eigenvalue weighted by molar-refractivity contribution is 0.102. The summed E-state index contributed by atoms with van der Waals surface area (Å²) in [6, 6.07) is 17.7. The highest BCUT2D eigenvalue weighted by Gasteiger charge is 2.14. The minimum absolute atomic E-state index is 0.142. The van der Waals surface area contributed by atoms with Crippen LogP contribution in [-0.4, -0.2) is 23.4 Å². The number of para-hydroxylation sites is 3. The predicted molar refractivity (Wildman–Crippen MR) is 109 cm³/mol. The van der Waals surface area contributed by atoms with Crippen molar-refractivity contribution in [2.45, 2.75) is 13.8 Å². The van der Waals surface area contributed by atoms with Gasteiger partial charge in [-0.25, -0.2) is 0 Å². The van der Waals surface area contributed by atoms with E-state index in [1.165, 1.54) is 12.3 Å². The van der Waals surface area contributed by atoms with Gasteiger partial charge in [0.1, 0.15) is 11.4 Å². The predicted octanol–water partition coefficient (Wildman–Crippen LogP) is 4.29. The average molecular weight is 375 g/mol. The molecule has 28 heavy (non-hydrogen) atoms. The maximum absolute atomic E-state index is 12.6. The second-order valence-electron chi connectivity index (χ2n) is 6.08. The molecule has 6 nitrogen and oxygen atoms in total. The molecular weight excluding hydrogens is 354 g/mol. The maximum atomic E-state index is 12.6. The van der Waals surface area contributed by atoms with E-state index in [1.54, 1.807) is 24.3 Å². The van der Waals surface area contributed by atoms with E-state index in [-0.39, 0.29) is 11.6 Å². The van der Waals surface area contributed by atoms with Crippen molar-refractivity contribution < 1.29 is 14.3 Å². The fourth-order valence-electron chi connectivity index (χ4n) is 2.64. The summed E-state index contributed by atoms with van der Waals surface area (Å²) >= 11 is 0. The molecular formula is C22H21N3O3. The molecule has 2 N–H and O–H groups in total. The quantitative estimate of drug-likeness (QED) is 0.673. The molecule has 0 aliphatic rings. The largest absolute Gasteiger partial charge is 0.492 e. The Labute approximate surface area is 163 Å². The van der Waals surface area contributed by atoms with Crippen LogP contribution in [0.4, 0.5) is 11.4 Å². The normalized spacial score (nSPS) is 10.2. The summed E-state index contributed by atoms with van der Waals surface area (Å²) in [6.07, 6.45) is 1.44. The summed E-state index contributed by atoms with van der Waals surface area (Å²) in [5, 5.41) is 5.63. The van der Waals surface area contributed by atoms with Crippen molar-refractivity contribution in [1.82, 2.24) is 4.98 Å². The van der Waals surface area contributed by atoms with Crippen LogP contribution in [-0.2, 0) is 0 Å². The van der Waals surface area contributed by atoms with Crippen LogP contribution >= 0.6 is 0 Å². The van der Waals surface area contributed by atoms with Crippen LogP contribution < -0.4 is 15.4 Å². The lowest BCUT2D eigenvalue weighted by Gasteiger charge is -2.11. The molecule has 0 radical (unpaired) electrons. The van der Waals surface area contributed by atoms with E-state index in [9.17, 15) is 9.59 Å². The fourth-order valence-corrected chi connectivity index (χ4v) is 2.64. The molecule has 1 heterocycles. The zero-order valence-electron chi connectivity index (χ0n) is 15.7. The Morgan fingerprint density at radius 2 is 1.61 bits per heavy atom. The highest BCUT2D eigenvalue weighted by molar-refractivity contribution is 6.08.